The van der Waals surface area contributed by atoms with Gasteiger partial charge in [0.05, 0.1) is 15.5 Å². The molecule has 3 rings (SSSR count). The van der Waals surface area contributed by atoms with Gasteiger partial charge in [0.15, 0.2) is 0 Å². The Kier molecular flexibility index (Phi) is 4.82. The standard InChI is InChI=1S/C17H13FN2O3S2/c18-14-7-1-2-8-15(14)20-25(22,23)13-6-3-5-12(11-13)19-17(21)16-9-4-10-24-16/h1-11,20H,(H,19,21). The van der Waals surface area contributed by atoms with E-state index in [9.17, 15) is 17.6 Å². The molecule has 0 saturated heterocycles. The molecule has 0 saturated carbocycles. The summed E-state index contributed by atoms with van der Waals surface area (Å²) in [5, 5.41) is 4.41. The van der Waals surface area contributed by atoms with Gasteiger partial charge in [-0.15, -0.1) is 11.3 Å². The Morgan fingerprint density at radius 2 is 1.80 bits per heavy atom. The molecule has 2 N–H and O–H groups in total. The molecule has 0 aliphatic carbocycles. The fourth-order valence-electron chi connectivity index (χ4n) is 2.09. The van der Waals surface area contributed by atoms with Gasteiger partial charge < -0.3 is 5.32 Å². The number of thiophene rings is 1. The van der Waals surface area contributed by atoms with E-state index in [0.29, 0.717) is 10.6 Å². The molecule has 1 heterocycles. The normalized spacial score (nSPS) is 11.1. The van der Waals surface area contributed by atoms with Gasteiger partial charge in [-0.25, -0.2) is 12.8 Å². The minimum atomic E-state index is -3.99. The first-order valence-corrected chi connectivity index (χ1v) is 9.54. The van der Waals surface area contributed by atoms with E-state index < -0.39 is 15.8 Å². The zero-order chi connectivity index (χ0) is 17.9. The second-order valence-electron chi connectivity index (χ2n) is 5.04. The van der Waals surface area contributed by atoms with Crippen molar-refractivity contribution in [3.05, 3.63) is 76.7 Å². The molecule has 0 aliphatic rings. The first-order chi connectivity index (χ1) is 12.0. The van der Waals surface area contributed by atoms with Gasteiger partial charge in [0, 0.05) is 5.69 Å². The third-order valence-corrected chi connectivity index (χ3v) is 5.50. The van der Waals surface area contributed by atoms with Crippen LogP contribution in [0.15, 0.2) is 70.9 Å². The zero-order valence-corrected chi connectivity index (χ0v) is 14.4. The second kappa shape index (κ2) is 7.04. The van der Waals surface area contributed by atoms with Crippen molar-refractivity contribution in [2.24, 2.45) is 0 Å². The number of halogens is 1. The van der Waals surface area contributed by atoms with Gasteiger partial charge >= 0.3 is 0 Å². The number of benzene rings is 2. The van der Waals surface area contributed by atoms with E-state index in [-0.39, 0.29) is 16.5 Å². The molecule has 0 spiro atoms. The molecule has 3 aromatic rings. The highest BCUT2D eigenvalue weighted by atomic mass is 32.2. The van der Waals surface area contributed by atoms with Gasteiger partial charge in [0.1, 0.15) is 5.82 Å². The van der Waals surface area contributed by atoms with Crippen molar-refractivity contribution in [2.45, 2.75) is 4.90 Å². The molecule has 1 aromatic heterocycles. The van der Waals surface area contributed by atoms with Crippen molar-refractivity contribution >= 4 is 38.6 Å². The van der Waals surface area contributed by atoms with Crippen molar-refractivity contribution in [1.82, 2.24) is 0 Å². The Morgan fingerprint density at radius 1 is 1.00 bits per heavy atom. The van der Waals surface area contributed by atoms with Crippen LogP contribution in [0.25, 0.3) is 0 Å². The van der Waals surface area contributed by atoms with Crippen LogP contribution >= 0.6 is 11.3 Å². The van der Waals surface area contributed by atoms with E-state index in [0.717, 1.165) is 6.07 Å². The summed E-state index contributed by atoms with van der Waals surface area (Å²) in [6.07, 6.45) is 0. The summed E-state index contributed by atoms with van der Waals surface area (Å²) in [7, 11) is -3.99. The van der Waals surface area contributed by atoms with Crippen LogP contribution in [0.1, 0.15) is 9.67 Å². The number of anilines is 2. The largest absolute Gasteiger partial charge is 0.321 e. The minimum absolute atomic E-state index is 0.0836. The fourth-order valence-corrected chi connectivity index (χ4v) is 3.82. The van der Waals surface area contributed by atoms with Gasteiger partial charge in [-0.3, -0.25) is 9.52 Å². The molecule has 128 valence electrons. The first-order valence-electron chi connectivity index (χ1n) is 7.18. The van der Waals surface area contributed by atoms with Gasteiger partial charge in [0.2, 0.25) is 0 Å². The second-order valence-corrected chi connectivity index (χ2v) is 7.67. The quantitative estimate of drug-likeness (QED) is 0.708. The summed E-state index contributed by atoms with van der Waals surface area (Å²) in [4.78, 5) is 12.5. The van der Waals surface area contributed by atoms with E-state index in [1.807, 2.05) is 0 Å². The lowest BCUT2D eigenvalue weighted by Crippen LogP contribution is -2.15. The Bertz CT molecular complexity index is 1000. The lowest BCUT2D eigenvalue weighted by Gasteiger charge is -2.10. The van der Waals surface area contributed by atoms with Crippen molar-refractivity contribution in [3.63, 3.8) is 0 Å². The molecule has 1 amide bonds. The molecule has 5 nitrogen and oxygen atoms in total. The highest BCUT2D eigenvalue weighted by Crippen LogP contribution is 2.21. The van der Waals surface area contributed by atoms with E-state index >= 15 is 0 Å². The number of carbonyl (C=O) groups excluding carboxylic acids is 1. The number of hydrogen-bond acceptors (Lipinski definition) is 4. The van der Waals surface area contributed by atoms with E-state index in [1.165, 1.54) is 47.7 Å². The van der Waals surface area contributed by atoms with Crippen molar-refractivity contribution < 1.29 is 17.6 Å². The summed E-state index contributed by atoms with van der Waals surface area (Å²) in [5.74, 6) is -1.00. The van der Waals surface area contributed by atoms with E-state index in [2.05, 4.69) is 10.0 Å². The van der Waals surface area contributed by atoms with Gasteiger partial charge in [-0.05, 0) is 41.8 Å². The summed E-state index contributed by atoms with van der Waals surface area (Å²) in [5.41, 5.74) is 0.185. The van der Waals surface area contributed by atoms with Crippen LogP contribution in [0.2, 0.25) is 0 Å². The van der Waals surface area contributed by atoms with E-state index in [1.54, 1.807) is 23.6 Å². The Hall–Kier alpha value is -2.71. The lowest BCUT2D eigenvalue weighted by molar-refractivity contribution is 0.103. The van der Waals surface area contributed by atoms with Crippen LogP contribution in [0, 0.1) is 5.82 Å². The van der Waals surface area contributed by atoms with Crippen LogP contribution in [0.5, 0.6) is 0 Å². The van der Waals surface area contributed by atoms with Crippen molar-refractivity contribution in [3.8, 4) is 0 Å². The maximum Gasteiger partial charge on any atom is 0.265 e. The molecule has 25 heavy (non-hydrogen) atoms. The summed E-state index contributed by atoms with van der Waals surface area (Å²) in [6, 6.07) is 14.7. The maximum atomic E-state index is 13.7. The Labute approximate surface area is 148 Å². The Morgan fingerprint density at radius 3 is 2.52 bits per heavy atom. The summed E-state index contributed by atoms with van der Waals surface area (Å²) < 4.78 is 40.7. The molecule has 8 heteroatoms. The number of nitrogens with one attached hydrogen (secondary N) is 2. The number of hydrogen-bond donors (Lipinski definition) is 2. The lowest BCUT2D eigenvalue weighted by atomic mass is 10.3. The highest BCUT2D eigenvalue weighted by Gasteiger charge is 2.17. The van der Waals surface area contributed by atoms with Crippen LogP contribution in [0.3, 0.4) is 0 Å². The average molecular weight is 376 g/mol. The summed E-state index contributed by atoms with van der Waals surface area (Å²) >= 11 is 1.28. The molecule has 2 aromatic carbocycles. The van der Waals surface area contributed by atoms with Crippen molar-refractivity contribution in [2.75, 3.05) is 10.0 Å². The SMILES string of the molecule is O=C(Nc1cccc(S(=O)(=O)Nc2ccccc2F)c1)c1cccs1. The monoisotopic (exact) mass is 376 g/mol. The number of amides is 1. The zero-order valence-electron chi connectivity index (χ0n) is 12.8. The molecule has 0 radical (unpaired) electrons. The van der Waals surface area contributed by atoms with Crippen molar-refractivity contribution in [1.29, 1.82) is 0 Å². The van der Waals surface area contributed by atoms with E-state index in [4.69, 9.17) is 0 Å². The summed E-state index contributed by atoms with van der Waals surface area (Å²) in [6.45, 7) is 0. The molecule has 0 fully saturated rings. The predicted octanol–water partition coefficient (Wildman–Crippen LogP) is 3.94. The minimum Gasteiger partial charge on any atom is -0.321 e. The van der Waals surface area contributed by atoms with Gasteiger partial charge in [0.25, 0.3) is 15.9 Å². The number of sulfonamides is 1. The molecular weight excluding hydrogens is 363 g/mol. The third kappa shape index (κ3) is 4.04. The van der Waals surface area contributed by atoms with Crippen LogP contribution in [-0.2, 0) is 10.0 Å². The molecule has 0 aliphatic heterocycles. The number of para-hydroxylation sites is 1. The fraction of sp³-hybridized carbons (Fsp3) is 0. The van der Waals surface area contributed by atoms with Crippen LogP contribution in [-0.4, -0.2) is 14.3 Å². The first kappa shape index (κ1) is 17.1. The Balaban J connectivity index is 1.83. The molecule has 0 bridgehead atoms. The smallest absolute Gasteiger partial charge is 0.265 e. The predicted molar refractivity (Wildman–Crippen MR) is 95.9 cm³/mol. The molecule has 0 atom stereocenters. The third-order valence-electron chi connectivity index (χ3n) is 3.27. The highest BCUT2D eigenvalue weighted by molar-refractivity contribution is 7.92. The van der Waals surface area contributed by atoms with Gasteiger partial charge in [-0.2, -0.15) is 0 Å². The average Bonchev–Trinajstić information content (AvgIpc) is 3.12. The van der Waals surface area contributed by atoms with Gasteiger partial charge in [-0.1, -0.05) is 24.3 Å². The number of rotatable bonds is 5. The molecular formula is C17H13FN2O3S2. The number of carbonyl (C=O) groups is 1. The molecule has 0 unspecified atom stereocenters. The van der Waals surface area contributed by atoms with Crippen LogP contribution < -0.4 is 10.0 Å². The van der Waals surface area contributed by atoms with Crippen LogP contribution in [0.4, 0.5) is 15.8 Å². The maximum absolute atomic E-state index is 13.7. The topological polar surface area (TPSA) is 75.3 Å².